The summed E-state index contributed by atoms with van der Waals surface area (Å²) in [4.78, 5) is 14.9. The predicted molar refractivity (Wildman–Crippen MR) is 129 cm³/mol. The van der Waals surface area contributed by atoms with E-state index in [9.17, 15) is 23.1 Å². The largest absolute Gasteiger partial charge is 0.489 e. The lowest BCUT2D eigenvalue weighted by Gasteiger charge is -2.37. The van der Waals surface area contributed by atoms with Crippen LogP contribution in [0.4, 0.5) is 13.2 Å². The number of halogens is 4. The van der Waals surface area contributed by atoms with Crippen molar-refractivity contribution in [2.24, 2.45) is 0 Å². The molecule has 4 rings (SSSR count). The van der Waals surface area contributed by atoms with Gasteiger partial charge in [0.25, 0.3) is 0 Å². The predicted octanol–water partition coefficient (Wildman–Crippen LogP) is 6.72. The van der Waals surface area contributed by atoms with Crippen LogP contribution in [0.3, 0.4) is 0 Å². The van der Waals surface area contributed by atoms with Crippen LogP contribution in [-0.4, -0.2) is 27.3 Å². The monoisotopic (exact) mass is 515 g/mol. The van der Waals surface area contributed by atoms with Crippen LogP contribution in [0.5, 0.6) is 5.75 Å². The Hall–Kier alpha value is -3.62. The van der Waals surface area contributed by atoms with E-state index >= 15 is 0 Å². The number of pyridine rings is 1. The highest BCUT2D eigenvalue weighted by Gasteiger charge is 2.59. The molecule has 0 saturated carbocycles. The van der Waals surface area contributed by atoms with Crippen LogP contribution in [0.1, 0.15) is 39.9 Å². The lowest BCUT2D eigenvalue weighted by molar-refractivity contribution is -0.274. The summed E-state index contributed by atoms with van der Waals surface area (Å²) in [6, 6.07) is 16.1. The Balaban J connectivity index is 1.64. The second kappa shape index (κ2) is 9.79. The smallest absolute Gasteiger partial charge is 0.422 e. The van der Waals surface area contributed by atoms with E-state index in [1.54, 1.807) is 18.2 Å². The summed E-state index contributed by atoms with van der Waals surface area (Å²) < 4.78 is 49.1. The standard InChI is InChI=1S/C27H21ClF3NO4/c1-16(26(35,27(29,30)31)23-4-2-3-19-14-32-12-11-22(19)23)21-10-9-20(13-24(21)28)36-15-17-5-7-18(8-6-17)25(33)34/h2-14,16,35H,15H2,1H3,(H,33,34). The number of aromatic carboxylic acids is 1. The number of carbonyl (C=O) groups is 1. The number of hydrogen-bond acceptors (Lipinski definition) is 4. The summed E-state index contributed by atoms with van der Waals surface area (Å²) in [7, 11) is 0. The topological polar surface area (TPSA) is 79.7 Å². The molecule has 36 heavy (non-hydrogen) atoms. The molecule has 0 aliphatic heterocycles. The Morgan fingerprint density at radius 3 is 2.44 bits per heavy atom. The number of ether oxygens (including phenoxy) is 1. The molecule has 0 aliphatic carbocycles. The van der Waals surface area contributed by atoms with Gasteiger partial charge in [0, 0.05) is 34.3 Å². The number of carboxylic acids is 1. The van der Waals surface area contributed by atoms with Gasteiger partial charge in [-0.15, -0.1) is 0 Å². The quantitative estimate of drug-likeness (QED) is 0.285. The number of hydrogen-bond donors (Lipinski definition) is 2. The van der Waals surface area contributed by atoms with E-state index in [2.05, 4.69) is 4.98 Å². The molecule has 0 radical (unpaired) electrons. The van der Waals surface area contributed by atoms with Crippen molar-refractivity contribution in [1.82, 2.24) is 4.98 Å². The molecule has 186 valence electrons. The van der Waals surface area contributed by atoms with Gasteiger partial charge >= 0.3 is 12.1 Å². The van der Waals surface area contributed by atoms with Crippen molar-refractivity contribution >= 4 is 28.3 Å². The highest BCUT2D eigenvalue weighted by atomic mass is 35.5. The van der Waals surface area contributed by atoms with Crippen molar-refractivity contribution in [3.05, 3.63) is 106 Å². The first-order chi connectivity index (χ1) is 17.0. The Bertz CT molecular complexity index is 1400. The van der Waals surface area contributed by atoms with Gasteiger partial charge in [-0.1, -0.05) is 54.9 Å². The normalized spacial score (nSPS) is 14.3. The van der Waals surface area contributed by atoms with Crippen LogP contribution in [0.2, 0.25) is 5.02 Å². The molecule has 5 nitrogen and oxygen atoms in total. The first kappa shape index (κ1) is 25.5. The van der Waals surface area contributed by atoms with Gasteiger partial charge in [0.2, 0.25) is 0 Å². The molecule has 0 aliphatic rings. The SMILES string of the molecule is CC(c1ccc(OCc2ccc(C(=O)O)cc2)cc1Cl)C(O)(c1cccc2cnccc12)C(F)(F)F. The zero-order valence-electron chi connectivity index (χ0n) is 19.0. The van der Waals surface area contributed by atoms with Gasteiger partial charge in [-0.05, 0) is 46.8 Å². The number of benzene rings is 3. The van der Waals surface area contributed by atoms with E-state index in [0.717, 1.165) is 0 Å². The maximum atomic E-state index is 14.5. The van der Waals surface area contributed by atoms with Crippen LogP contribution < -0.4 is 4.74 Å². The van der Waals surface area contributed by atoms with Crippen LogP contribution in [0.25, 0.3) is 10.8 Å². The molecular formula is C27H21ClF3NO4. The van der Waals surface area contributed by atoms with E-state index in [4.69, 9.17) is 21.4 Å². The van der Waals surface area contributed by atoms with E-state index < -0.39 is 23.7 Å². The lowest BCUT2D eigenvalue weighted by atomic mass is 9.76. The fraction of sp³-hybridized carbons (Fsp3) is 0.185. The van der Waals surface area contributed by atoms with Crippen LogP contribution in [0.15, 0.2) is 79.1 Å². The number of aliphatic hydroxyl groups is 1. The molecule has 2 unspecified atom stereocenters. The summed E-state index contributed by atoms with van der Waals surface area (Å²) in [6.07, 6.45) is -2.19. The maximum Gasteiger partial charge on any atom is 0.422 e. The average Bonchev–Trinajstić information content (AvgIpc) is 2.86. The van der Waals surface area contributed by atoms with Gasteiger partial charge < -0.3 is 14.9 Å². The van der Waals surface area contributed by atoms with Crippen LogP contribution in [-0.2, 0) is 12.2 Å². The van der Waals surface area contributed by atoms with E-state index in [0.29, 0.717) is 16.7 Å². The number of alkyl halides is 3. The van der Waals surface area contributed by atoms with Gasteiger partial charge in [0.05, 0.1) is 5.56 Å². The van der Waals surface area contributed by atoms with Gasteiger partial charge in [-0.25, -0.2) is 4.79 Å². The Morgan fingerprint density at radius 1 is 1.08 bits per heavy atom. The summed E-state index contributed by atoms with van der Waals surface area (Å²) >= 11 is 6.39. The van der Waals surface area contributed by atoms with Crippen LogP contribution >= 0.6 is 11.6 Å². The highest BCUT2D eigenvalue weighted by Crippen LogP contribution is 2.51. The molecule has 2 N–H and O–H groups in total. The van der Waals surface area contributed by atoms with E-state index in [1.165, 1.54) is 67.8 Å². The van der Waals surface area contributed by atoms with Crippen molar-refractivity contribution in [2.75, 3.05) is 0 Å². The lowest BCUT2D eigenvalue weighted by Crippen LogP contribution is -2.46. The van der Waals surface area contributed by atoms with Crippen LogP contribution in [0, 0.1) is 0 Å². The Labute approximate surface area is 209 Å². The molecule has 0 fully saturated rings. The first-order valence-corrected chi connectivity index (χ1v) is 11.3. The summed E-state index contributed by atoms with van der Waals surface area (Å²) in [5, 5.41) is 21.0. The fourth-order valence-corrected chi connectivity index (χ4v) is 4.50. The molecule has 2 atom stereocenters. The van der Waals surface area contributed by atoms with E-state index in [1.807, 2.05) is 0 Å². The van der Waals surface area contributed by atoms with Gasteiger partial charge in [-0.3, -0.25) is 4.98 Å². The van der Waals surface area contributed by atoms with Crippen molar-refractivity contribution in [2.45, 2.75) is 31.2 Å². The highest BCUT2D eigenvalue weighted by molar-refractivity contribution is 6.31. The van der Waals surface area contributed by atoms with Crippen molar-refractivity contribution in [3.63, 3.8) is 0 Å². The second-order valence-electron chi connectivity index (χ2n) is 8.36. The molecule has 0 bridgehead atoms. The van der Waals surface area contributed by atoms with Gasteiger partial charge in [0.1, 0.15) is 12.4 Å². The number of carboxylic acid groups (broad SMARTS) is 1. The van der Waals surface area contributed by atoms with Crippen molar-refractivity contribution in [1.29, 1.82) is 0 Å². The Kier molecular flexibility index (Phi) is 6.93. The minimum atomic E-state index is -5.01. The molecule has 1 heterocycles. The van der Waals surface area contributed by atoms with Crippen molar-refractivity contribution < 1.29 is 32.9 Å². The summed E-state index contributed by atoms with van der Waals surface area (Å²) in [5.41, 5.74) is -2.58. The molecule has 4 aromatic rings. The molecule has 0 spiro atoms. The Morgan fingerprint density at radius 2 is 1.81 bits per heavy atom. The molecule has 9 heteroatoms. The second-order valence-corrected chi connectivity index (χ2v) is 8.77. The molecular weight excluding hydrogens is 495 g/mol. The zero-order chi connectivity index (χ0) is 26.1. The molecule has 3 aromatic carbocycles. The number of aromatic nitrogens is 1. The van der Waals surface area contributed by atoms with Crippen molar-refractivity contribution in [3.8, 4) is 5.75 Å². The van der Waals surface area contributed by atoms with Gasteiger partial charge in [-0.2, -0.15) is 13.2 Å². The molecule has 0 saturated heterocycles. The summed E-state index contributed by atoms with van der Waals surface area (Å²) in [6.45, 7) is 1.38. The van der Waals surface area contributed by atoms with E-state index in [-0.39, 0.29) is 33.7 Å². The third kappa shape index (κ3) is 4.74. The third-order valence-corrected chi connectivity index (χ3v) is 6.52. The molecule has 0 amide bonds. The third-order valence-electron chi connectivity index (χ3n) is 6.20. The number of fused-ring (bicyclic) bond motifs is 1. The number of nitrogens with zero attached hydrogens (tertiary/aromatic N) is 1. The average molecular weight is 516 g/mol. The summed E-state index contributed by atoms with van der Waals surface area (Å²) in [5.74, 6) is -2.19. The number of rotatable bonds is 7. The first-order valence-electron chi connectivity index (χ1n) is 10.9. The molecule has 1 aromatic heterocycles. The minimum Gasteiger partial charge on any atom is -0.489 e. The maximum absolute atomic E-state index is 14.5. The minimum absolute atomic E-state index is 0.00537. The zero-order valence-corrected chi connectivity index (χ0v) is 19.7. The van der Waals surface area contributed by atoms with Gasteiger partial charge in [0.15, 0.2) is 5.60 Å². The fourth-order valence-electron chi connectivity index (χ4n) is 4.17.